The molecule has 0 aromatic heterocycles. The van der Waals surface area contributed by atoms with Crippen LogP contribution in [0.25, 0.3) is 0 Å². The maximum Gasteiger partial charge on any atom is 0.133 e. The highest BCUT2D eigenvalue weighted by molar-refractivity contribution is 7.98. The van der Waals surface area contributed by atoms with Crippen LogP contribution in [0.15, 0.2) is 0 Å². The molecule has 0 heterocycles. The van der Waals surface area contributed by atoms with Crippen molar-refractivity contribution in [2.75, 3.05) is 12.0 Å². The van der Waals surface area contributed by atoms with E-state index in [9.17, 15) is 9.90 Å². The van der Waals surface area contributed by atoms with E-state index in [1.54, 1.807) is 11.8 Å². The molecule has 0 bridgehead atoms. The zero-order chi connectivity index (χ0) is 18.7. The Morgan fingerprint density at radius 3 is 2.42 bits per heavy atom. The predicted octanol–water partition coefficient (Wildman–Crippen LogP) is 5.33. The van der Waals surface area contributed by atoms with Gasteiger partial charge in [0, 0.05) is 11.7 Å². The van der Waals surface area contributed by atoms with E-state index in [2.05, 4.69) is 20.1 Å². The Labute approximate surface area is 164 Å². The van der Waals surface area contributed by atoms with E-state index < -0.39 is 5.60 Å². The number of aliphatic hydroxyl groups is 1. The molecule has 4 aliphatic rings. The molecule has 0 unspecified atom stereocenters. The Hall–Kier alpha value is -0.0200. The van der Waals surface area contributed by atoms with Crippen LogP contribution in [0.1, 0.15) is 78.6 Å². The zero-order valence-electron chi connectivity index (χ0n) is 17.2. The number of thioether (sulfide) groups is 1. The van der Waals surface area contributed by atoms with Gasteiger partial charge in [0.2, 0.25) is 0 Å². The fraction of sp³-hybridized carbons (Fsp3) is 0.957. The molecule has 0 amide bonds. The van der Waals surface area contributed by atoms with Gasteiger partial charge in [0.15, 0.2) is 0 Å². The van der Waals surface area contributed by atoms with Crippen LogP contribution in [0.2, 0.25) is 0 Å². The lowest BCUT2D eigenvalue weighted by Crippen LogP contribution is -2.56. The second-order valence-electron chi connectivity index (χ2n) is 10.8. The summed E-state index contributed by atoms with van der Waals surface area (Å²) in [5, 5.41) is 11.0. The van der Waals surface area contributed by atoms with Crippen molar-refractivity contribution in [3.8, 4) is 0 Å². The summed E-state index contributed by atoms with van der Waals surface area (Å²) in [5.74, 6) is 4.76. The minimum absolute atomic E-state index is 0.268. The van der Waals surface area contributed by atoms with Crippen molar-refractivity contribution in [2.24, 2.45) is 40.4 Å². The van der Waals surface area contributed by atoms with Crippen molar-refractivity contribution in [2.45, 2.75) is 84.2 Å². The Balaban J connectivity index is 1.56. The highest BCUT2D eigenvalue weighted by Crippen LogP contribution is 2.68. The number of Topliss-reactive ketones (excluding diaryl/α,β-unsaturated/α-hetero) is 1. The van der Waals surface area contributed by atoms with Crippen LogP contribution >= 0.6 is 11.8 Å². The lowest BCUT2D eigenvalue weighted by molar-refractivity contribution is -0.149. The molecule has 8 atom stereocenters. The first-order chi connectivity index (χ1) is 12.2. The van der Waals surface area contributed by atoms with Gasteiger partial charge in [-0.3, -0.25) is 4.79 Å². The number of hydrogen-bond donors (Lipinski definition) is 1. The minimum Gasteiger partial charge on any atom is -0.389 e. The summed E-state index contributed by atoms with van der Waals surface area (Å²) in [7, 11) is 0. The third-order valence-electron chi connectivity index (χ3n) is 9.72. The van der Waals surface area contributed by atoms with Gasteiger partial charge in [-0.15, -0.1) is 0 Å². The van der Waals surface area contributed by atoms with Gasteiger partial charge < -0.3 is 5.11 Å². The molecule has 4 aliphatic carbocycles. The zero-order valence-corrected chi connectivity index (χ0v) is 18.0. The molecule has 148 valence electrons. The van der Waals surface area contributed by atoms with Gasteiger partial charge in [0.1, 0.15) is 5.78 Å². The van der Waals surface area contributed by atoms with Crippen molar-refractivity contribution in [1.82, 2.24) is 0 Å². The van der Waals surface area contributed by atoms with Crippen LogP contribution in [0.3, 0.4) is 0 Å². The first kappa shape index (κ1) is 19.3. The number of carbonyl (C=O) groups excluding carboxylic acids is 1. The van der Waals surface area contributed by atoms with Crippen molar-refractivity contribution in [1.29, 1.82) is 0 Å². The molecule has 0 aliphatic heterocycles. The topological polar surface area (TPSA) is 37.3 Å². The standard InChI is InChI=1S/C23H38O2S/c1-15(24)18-7-8-19-17-6-5-16-13-23(25,14-26-4)12-11-21(16,2)20(17)9-10-22(18,19)3/h16-20,25H,5-14H2,1-4H3/t16-,17-,18+,19-,20-,21-,22+,23+/m0/s1. The van der Waals surface area contributed by atoms with Crippen LogP contribution in [0, 0.1) is 40.4 Å². The largest absolute Gasteiger partial charge is 0.389 e. The van der Waals surface area contributed by atoms with Crippen LogP contribution in [0.4, 0.5) is 0 Å². The van der Waals surface area contributed by atoms with E-state index in [0.717, 1.165) is 42.8 Å². The van der Waals surface area contributed by atoms with Crippen molar-refractivity contribution in [3.63, 3.8) is 0 Å². The van der Waals surface area contributed by atoms with Crippen molar-refractivity contribution in [3.05, 3.63) is 0 Å². The van der Waals surface area contributed by atoms with Gasteiger partial charge in [-0.1, -0.05) is 13.8 Å². The van der Waals surface area contributed by atoms with E-state index in [4.69, 9.17) is 0 Å². The van der Waals surface area contributed by atoms with E-state index in [1.807, 2.05) is 6.92 Å². The molecule has 0 saturated heterocycles. The Kier molecular flexibility index (Phi) is 4.83. The molecule has 4 saturated carbocycles. The lowest BCUT2D eigenvalue weighted by atomic mass is 9.44. The normalized spacial score (nSPS) is 53.5. The van der Waals surface area contributed by atoms with Gasteiger partial charge in [-0.05, 0) is 105 Å². The minimum atomic E-state index is -0.424. The Bertz CT molecular complexity index is 577. The molecule has 0 radical (unpaired) electrons. The fourth-order valence-electron chi connectivity index (χ4n) is 8.39. The molecule has 0 spiro atoms. The number of ketones is 1. The number of fused-ring (bicyclic) bond motifs is 5. The summed E-state index contributed by atoms with van der Waals surface area (Å²) in [6.07, 6.45) is 12.9. The Morgan fingerprint density at radius 2 is 1.73 bits per heavy atom. The van der Waals surface area contributed by atoms with E-state index in [-0.39, 0.29) is 5.41 Å². The number of carbonyl (C=O) groups is 1. The van der Waals surface area contributed by atoms with Crippen LogP contribution in [0.5, 0.6) is 0 Å². The lowest BCUT2D eigenvalue weighted by Gasteiger charge is -2.62. The summed E-state index contributed by atoms with van der Waals surface area (Å²) in [6.45, 7) is 6.84. The first-order valence-corrected chi connectivity index (χ1v) is 12.3. The third kappa shape index (κ3) is 2.74. The molecule has 26 heavy (non-hydrogen) atoms. The summed E-state index contributed by atoms with van der Waals surface area (Å²) in [4.78, 5) is 12.3. The quantitative estimate of drug-likeness (QED) is 0.721. The second kappa shape index (κ2) is 6.51. The molecule has 2 nitrogen and oxygen atoms in total. The van der Waals surface area contributed by atoms with Gasteiger partial charge in [-0.2, -0.15) is 11.8 Å². The third-order valence-corrected chi connectivity index (χ3v) is 10.6. The van der Waals surface area contributed by atoms with Gasteiger partial charge in [0.05, 0.1) is 5.60 Å². The van der Waals surface area contributed by atoms with Gasteiger partial charge in [0.25, 0.3) is 0 Å². The predicted molar refractivity (Wildman–Crippen MR) is 109 cm³/mol. The summed E-state index contributed by atoms with van der Waals surface area (Å²) in [5.41, 5.74) is 0.264. The number of hydrogen-bond acceptors (Lipinski definition) is 3. The highest BCUT2D eigenvalue weighted by Gasteiger charge is 2.61. The molecular formula is C23H38O2S. The fourth-order valence-corrected chi connectivity index (χ4v) is 9.19. The molecule has 1 N–H and O–H groups in total. The van der Waals surface area contributed by atoms with Crippen LogP contribution in [-0.2, 0) is 4.79 Å². The highest BCUT2D eigenvalue weighted by atomic mass is 32.2. The molecule has 3 heteroatoms. The summed E-state index contributed by atoms with van der Waals surface area (Å²) < 4.78 is 0. The average molecular weight is 379 g/mol. The van der Waals surface area contributed by atoms with Crippen molar-refractivity contribution < 1.29 is 9.90 Å². The monoisotopic (exact) mass is 378 g/mol. The molecule has 4 fully saturated rings. The van der Waals surface area contributed by atoms with Gasteiger partial charge >= 0.3 is 0 Å². The number of rotatable bonds is 3. The van der Waals surface area contributed by atoms with E-state index in [1.165, 1.54) is 38.5 Å². The average Bonchev–Trinajstić information content (AvgIpc) is 2.93. The molecular weight excluding hydrogens is 340 g/mol. The first-order valence-electron chi connectivity index (χ1n) is 11.0. The summed E-state index contributed by atoms with van der Waals surface area (Å²) >= 11 is 1.80. The van der Waals surface area contributed by atoms with Crippen molar-refractivity contribution >= 4 is 17.5 Å². The molecule has 0 aromatic carbocycles. The summed E-state index contributed by atoms with van der Waals surface area (Å²) in [6, 6.07) is 0. The van der Waals surface area contributed by atoms with E-state index in [0.29, 0.717) is 23.0 Å². The van der Waals surface area contributed by atoms with Crippen LogP contribution in [-0.4, -0.2) is 28.5 Å². The van der Waals surface area contributed by atoms with Crippen LogP contribution < -0.4 is 0 Å². The smallest absolute Gasteiger partial charge is 0.133 e. The molecule has 0 aromatic rings. The maximum absolute atomic E-state index is 12.3. The molecule has 4 rings (SSSR count). The second-order valence-corrected chi connectivity index (χ2v) is 11.7. The maximum atomic E-state index is 12.3. The SMILES string of the molecule is CSC[C@@]1(O)CC[C@@]2(C)[C@@H](CC[C@@H]3[C@@H]2CC[C@]2(C)[C@@H](C(C)=O)CC[C@@H]32)C1. The van der Waals surface area contributed by atoms with E-state index >= 15 is 0 Å². The van der Waals surface area contributed by atoms with Gasteiger partial charge in [-0.25, -0.2) is 0 Å². The Morgan fingerprint density at radius 1 is 1.00 bits per heavy atom.